The molecular weight excluding hydrogens is 245 g/mol. The van der Waals surface area contributed by atoms with Crippen molar-refractivity contribution in [3.05, 3.63) is 42.4 Å². The van der Waals surface area contributed by atoms with Crippen LogP contribution in [0.15, 0.2) is 41.7 Å². The topological polar surface area (TPSA) is 56.5 Å². The van der Waals surface area contributed by atoms with E-state index >= 15 is 0 Å². The Kier molecular flexibility index (Phi) is 5.18. The summed E-state index contributed by atoms with van der Waals surface area (Å²) in [5.74, 6) is -0.746. The molecule has 104 valence electrons. The van der Waals surface area contributed by atoms with Crippen molar-refractivity contribution in [3.63, 3.8) is 0 Å². The summed E-state index contributed by atoms with van der Waals surface area (Å²) in [4.78, 5) is 18.0. The number of carbonyl (C=O) groups is 1. The molecule has 1 aliphatic carbocycles. The minimum absolute atomic E-state index is 0.0681. The van der Waals surface area contributed by atoms with Crippen molar-refractivity contribution in [2.75, 3.05) is 13.7 Å². The van der Waals surface area contributed by atoms with E-state index in [4.69, 9.17) is 5.73 Å². The molecule has 0 aromatic carbocycles. The van der Waals surface area contributed by atoms with Crippen molar-refractivity contribution in [1.82, 2.24) is 4.90 Å². The lowest BCUT2D eigenvalue weighted by atomic mass is 9.83. The van der Waals surface area contributed by atoms with Gasteiger partial charge >= 0.3 is 0 Å². The molecule has 0 saturated carbocycles. The van der Waals surface area contributed by atoms with Crippen LogP contribution in [-0.4, -0.2) is 36.3 Å². The summed E-state index contributed by atoms with van der Waals surface area (Å²) >= 11 is 0. The van der Waals surface area contributed by atoms with Crippen molar-refractivity contribution in [3.8, 4) is 0 Å². The first-order valence-corrected chi connectivity index (χ1v) is 6.05. The van der Waals surface area contributed by atoms with Gasteiger partial charge in [0.05, 0.1) is 6.34 Å². The SMILES string of the molecule is C=CC(C)(C(=O)C1C=CC(F)=CC1)N(C)C=NC[NH-]. The van der Waals surface area contributed by atoms with Gasteiger partial charge in [-0.15, -0.1) is 6.58 Å². The second kappa shape index (κ2) is 6.43. The van der Waals surface area contributed by atoms with E-state index in [1.54, 1.807) is 31.0 Å². The fourth-order valence-electron chi connectivity index (χ4n) is 1.87. The zero-order chi connectivity index (χ0) is 14.5. The molecule has 0 heterocycles. The molecule has 1 N–H and O–H groups in total. The number of carbonyl (C=O) groups excluding carboxylic acids is 1. The van der Waals surface area contributed by atoms with E-state index in [-0.39, 0.29) is 24.2 Å². The highest BCUT2D eigenvalue weighted by Crippen LogP contribution is 2.26. The average molecular weight is 264 g/mol. The Hall–Kier alpha value is -1.75. The number of allylic oxidation sites excluding steroid dienone is 4. The van der Waals surface area contributed by atoms with E-state index in [9.17, 15) is 9.18 Å². The fraction of sp³-hybridized carbons (Fsp3) is 0.429. The van der Waals surface area contributed by atoms with Gasteiger partial charge in [0.2, 0.25) is 0 Å². The maximum Gasteiger partial charge on any atom is 0.169 e. The fourth-order valence-corrected chi connectivity index (χ4v) is 1.87. The molecule has 0 fully saturated rings. The number of ketones is 1. The summed E-state index contributed by atoms with van der Waals surface area (Å²) in [6.07, 6.45) is 7.66. The number of halogens is 1. The van der Waals surface area contributed by atoms with E-state index < -0.39 is 5.54 Å². The van der Waals surface area contributed by atoms with Gasteiger partial charge in [-0.25, -0.2) is 4.39 Å². The Morgan fingerprint density at radius 1 is 1.79 bits per heavy atom. The van der Waals surface area contributed by atoms with Crippen molar-refractivity contribution in [2.24, 2.45) is 10.9 Å². The molecule has 5 heteroatoms. The van der Waals surface area contributed by atoms with Crippen molar-refractivity contribution >= 4 is 12.1 Å². The number of hydrogen-bond acceptors (Lipinski definition) is 2. The van der Waals surface area contributed by atoms with Crippen LogP contribution in [0.25, 0.3) is 5.73 Å². The van der Waals surface area contributed by atoms with Crippen molar-refractivity contribution in [1.29, 1.82) is 0 Å². The van der Waals surface area contributed by atoms with Gasteiger partial charge < -0.3 is 10.6 Å². The molecule has 2 atom stereocenters. The number of likely N-dealkylation sites (N-methyl/N-ethyl adjacent to an activating group) is 1. The van der Waals surface area contributed by atoms with Crippen molar-refractivity contribution < 1.29 is 9.18 Å². The molecule has 0 bridgehead atoms. The van der Waals surface area contributed by atoms with Crippen LogP contribution in [0.3, 0.4) is 0 Å². The third-order valence-electron chi connectivity index (χ3n) is 3.37. The number of rotatable bonds is 6. The van der Waals surface area contributed by atoms with Crippen LogP contribution < -0.4 is 0 Å². The van der Waals surface area contributed by atoms with E-state index in [1.807, 2.05) is 0 Å². The minimum atomic E-state index is -0.921. The molecule has 0 aromatic rings. The normalized spacial score (nSPS) is 21.9. The quantitative estimate of drug-likeness (QED) is 0.421. The average Bonchev–Trinajstić information content (AvgIpc) is 2.43. The lowest BCUT2D eigenvalue weighted by Gasteiger charge is -2.36. The molecule has 0 spiro atoms. The first-order chi connectivity index (χ1) is 8.95. The minimum Gasteiger partial charge on any atom is -0.658 e. The smallest absolute Gasteiger partial charge is 0.169 e. The Labute approximate surface area is 113 Å². The lowest BCUT2D eigenvalue weighted by molar-refractivity contribution is -0.127. The summed E-state index contributed by atoms with van der Waals surface area (Å²) < 4.78 is 12.9. The third kappa shape index (κ3) is 3.38. The molecule has 0 aromatic heterocycles. The van der Waals surface area contributed by atoms with Gasteiger partial charge in [-0.05, 0) is 25.5 Å². The first kappa shape index (κ1) is 15.3. The van der Waals surface area contributed by atoms with Crippen LogP contribution in [0.1, 0.15) is 13.3 Å². The molecule has 0 radical (unpaired) electrons. The number of nitrogens with zero attached hydrogens (tertiary/aromatic N) is 2. The van der Waals surface area contributed by atoms with Crippen LogP contribution in [0, 0.1) is 5.92 Å². The number of nitrogens with one attached hydrogen (secondary N) is 1. The second-order valence-corrected chi connectivity index (χ2v) is 4.57. The second-order valence-electron chi connectivity index (χ2n) is 4.57. The molecule has 0 aliphatic heterocycles. The summed E-state index contributed by atoms with van der Waals surface area (Å²) in [6, 6.07) is 0. The van der Waals surface area contributed by atoms with E-state index in [0.29, 0.717) is 6.42 Å². The van der Waals surface area contributed by atoms with Gasteiger partial charge in [-0.1, -0.05) is 18.8 Å². The Morgan fingerprint density at radius 2 is 2.47 bits per heavy atom. The maximum absolute atomic E-state index is 12.9. The number of Topliss-reactive ketones (excluding diaryl/α,β-unsaturated/α-hetero) is 1. The Morgan fingerprint density at radius 3 is 2.95 bits per heavy atom. The highest BCUT2D eigenvalue weighted by Gasteiger charge is 2.37. The molecule has 0 saturated heterocycles. The molecule has 2 unspecified atom stereocenters. The molecular formula is C14H19FN3O-. The highest BCUT2D eigenvalue weighted by atomic mass is 19.1. The van der Waals surface area contributed by atoms with E-state index in [0.717, 1.165) is 0 Å². The predicted octanol–water partition coefficient (Wildman–Crippen LogP) is 2.90. The monoisotopic (exact) mass is 264 g/mol. The zero-order valence-corrected chi connectivity index (χ0v) is 11.3. The summed E-state index contributed by atoms with van der Waals surface area (Å²) in [5.41, 5.74) is 6.07. The van der Waals surface area contributed by atoms with E-state index in [2.05, 4.69) is 11.6 Å². The molecule has 0 amide bonds. The zero-order valence-electron chi connectivity index (χ0n) is 11.3. The molecule has 1 rings (SSSR count). The molecule has 1 aliphatic rings. The highest BCUT2D eigenvalue weighted by molar-refractivity contribution is 5.95. The lowest BCUT2D eigenvalue weighted by Crippen LogP contribution is -2.50. The predicted molar refractivity (Wildman–Crippen MR) is 75.5 cm³/mol. The van der Waals surface area contributed by atoms with Crippen LogP contribution in [0.2, 0.25) is 0 Å². The number of hydrogen-bond donors (Lipinski definition) is 0. The van der Waals surface area contributed by atoms with Gasteiger partial charge in [0.25, 0.3) is 0 Å². The first-order valence-electron chi connectivity index (χ1n) is 6.05. The van der Waals surface area contributed by atoms with Crippen LogP contribution >= 0.6 is 0 Å². The largest absolute Gasteiger partial charge is 0.658 e. The van der Waals surface area contributed by atoms with Gasteiger partial charge in [0.15, 0.2) is 5.78 Å². The van der Waals surface area contributed by atoms with Crippen LogP contribution in [0.5, 0.6) is 0 Å². The molecule has 4 nitrogen and oxygen atoms in total. The Bertz CT molecular complexity index is 442. The van der Waals surface area contributed by atoms with Gasteiger partial charge in [0, 0.05) is 13.0 Å². The van der Waals surface area contributed by atoms with Crippen LogP contribution in [0.4, 0.5) is 4.39 Å². The summed E-state index contributed by atoms with van der Waals surface area (Å²) in [7, 11) is 1.71. The van der Waals surface area contributed by atoms with Gasteiger partial charge in [0.1, 0.15) is 11.4 Å². The van der Waals surface area contributed by atoms with Gasteiger partial charge in [-0.3, -0.25) is 9.79 Å². The van der Waals surface area contributed by atoms with E-state index in [1.165, 1.54) is 18.5 Å². The Balaban J connectivity index is 2.90. The summed E-state index contributed by atoms with van der Waals surface area (Å²) in [6.45, 7) is 5.35. The third-order valence-corrected chi connectivity index (χ3v) is 3.37. The summed E-state index contributed by atoms with van der Waals surface area (Å²) in [5, 5.41) is 0. The van der Waals surface area contributed by atoms with Gasteiger partial charge in [-0.2, -0.15) is 0 Å². The van der Waals surface area contributed by atoms with Crippen LogP contribution in [-0.2, 0) is 4.79 Å². The number of aliphatic imine (C=N–C) groups is 1. The van der Waals surface area contributed by atoms with Crippen molar-refractivity contribution in [2.45, 2.75) is 18.9 Å². The maximum atomic E-state index is 12.9. The standard InChI is InChI=1S/C14H19FN3O/c1-4-14(2,18(3)10-17-9-16)13(19)11-5-7-12(15)8-6-11/h4-5,7-8,10-11,16H,1,6,9H2,2-3H3/q-1. The molecule has 19 heavy (non-hydrogen) atoms.